The van der Waals surface area contributed by atoms with Gasteiger partial charge in [-0.3, -0.25) is 4.68 Å². The third kappa shape index (κ3) is 2.46. The molecule has 17 heavy (non-hydrogen) atoms. The average molecular weight is 314 g/mol. The van der Waals surface area contributed by atoms with Gasteiger partial charge >= 0.3 is 0 Å². The summed E-state index contributed by atoms with van der Waals surface area (Å²) in [5.41, 5.74) is 9.80. The highest BCUT2D eigenvalue weighted by molar-refractivity contribution is 9.10. The van der Waals surface area contributed by atoms with Gasteiger partial charge in [-0.2, -0.15) is 5.10 Å². The number of nitrogens with zero attached hydrogens (tertiary/aromatic N) is 2. The maximum atomic E-state index is 6.26. The highest BCUT2D eigenvalue weighted by atomic mass is 79.9. The first kappa shape index (κ1) is 12.8. The summed E-state index contributed by atoms with van der Waals surface area (Å²) in [6.07, 6.45) is 0.838. The van der Waals surface area contributed by atoms with Gasteiger partial charge in [0.25, 0.3) is 0 Å². The Hall–Kier alpha value is -0.650. The molecular formula is C12H16BrN3S. The standard InChI is InChI=1S/C12H16BrN3S/c1-7-9(8(2)16(3)15-7)6-11(14)12-10(13)4-5-17-12/h4-5,11H,6,14H2,1-3H3. The second kappa shape index (κ2) is 4.92. The summed E-state index contributed by atoms with van der Waals surface area (Å²) in [5, 5.41) is 6.48. The first-order valence-electron chi connectivity index (χ1n) is 5.48. The van der Waals surface area contributed by atoms with Gasteiger partial charge in [0.1, 0.15) is 0 Å². The van der Waals surface area contributed by atoms with Crippen LogP contribution in [0.1, 0.15) is 27.9 Å². The number of hydrogen-bond donors (Lipinski definition) is 1. The van der Waals surface area contributed by atoms with Crippen molar-refractivity contribution in [2.24, 2.45) is 12.8 Å². The molecule has 0 aromatic carbocycles. The van der Waals surface area contributed by atoms with Gasteiger partial charge < -0.3 is 5.73 Å². The average Bonchev–Trinajstić information content (AvgIpc) is 2.78. The molecule has 0 aliphatic rings. The van der Waals surface area contributed by atoms with Crippen LogP contribution in [0.3, 0.4) is 0 Å². The summed E-state index contributed by atoms with van der Waals surface area (Å²) in [7, 11) is 1.97. The first-order chi connectivity index (χ1) is 8.00. The Morgan fingerprint density at radius 2 is 2.24 bits per heavy atom. The van der Waals surface area contributed by atoms with Gasteiger partial charge in [-0.1, -0.05) is 0 Å². The molecule has 2 heterocycles. The third-order valence-corrected chi connectivity index (χ3v) is 5.07. The number of rotatable bonds is 3. The molecular weight excluding hydrogens is 298 g/mol. The fraction of sp³-hybridized carbons (Fsp3) is 0.417. The fourth-order valence-electron chi connectivity index (χ4n) is 2.00. The Labute approximate surface area is 114 Å². The van der Waals surface area contributed by atoms with E-state index in [4.69, 9.17) is 5.73 Å². The van der Waals surface area contributed by atoms with E-state index in [0.717, 1.165) is 16.6 Å². The predicted octanol–water partition coefficient (Wildman–Crippen LogP) is 3.10. The zero-order valence-corrected chi connectivity index (χ0v) is 12.6. The smallest absolute Gasteiger partial charge is 0.0629 e. The Kier molecular flexibility index (Phi) is 3.70. The molecule has 3 nitrogen and oxygen atoms in total. The van der Waals surface area contributed by atoms with Crippen molar-refractivity contribution in [3.8, 4) is 0 Å². The van der Waals surface area contributed by atoms with Crippen molar-refractivity contribution in [2.45, 2.75) is 26.3 Å². The Morgan fingerprint density at radius 1 is 1.53 bits per heavy atom. The Morgan fingerprint density at radius 3 is 2.71 bits per heavy atom. The molecule has 0 aliphatic heterocycles. The van der Waals surface area contributed by atoms with Gasteiger partial charge in [0.2, 0.25) is 0 Å². The van der Waals surface area contributed by atoms with Gasteiger partial charge in [-0.15, -0.1) is 11.3 Å². The van der Waals surface area contributed by atoms with Crippen LogP contribution in [0, 0.1) is 13.8 Å². The molecule has 0 amide bonds. The van der Waals surface area contributed by atoms with Gasteiger partial charge in [0, 0.05) is 28.1 Å². The number of nitrogens with two attached hydrogens (primary N) is 1. The van der Waals surface area contributed by atoms with Crippen molar-refractivity contribution < 1.29 is 0 Å². The maximum absolute atomic E-state index is 6.26. The third-order valence-electron chi connectivity index (χ3n) is 3.06. The monoisotopic (exact) mass is 313 g/mol. The van der Waals surface area contributed by atoms with Crippen molar-refractivity contribution in [1.29, 1.82) is 0 Å². The lowest BCUT2D eigenvalue weighted by Gasteiger charge is -2.11. The molecule has 2 aromatic heterocycles. The van der Waals surface area contributed by atoms with E-state index < -0.39 is 0 Å². The van der Waals surface area contributed by atoms with Crippen LogP contribution in [-0.2, 0) is 13.5 Å². The normalized spacial score (nSPS) is 13.0. The van der Waals surface area contributed by atoms with Crippen LogP contribution in [0.5, 0.6) is 0 Å². The lowest BCUT2D eigenvalue weighted by Crippen LogP contribution is -2.13. The largest absolute Gasteiger partial charge is 0.323 e. The molecule has 1 unspecified atom stereocenters. The molecule has 0 fully saturated rings. The van der Waals surface area contributed by atoms with Crippen LogP contribution in [0.15, 0.2) is 15.9 Å². The second-order valence-corrected chi connectivity index (χ2v) is 6.02. The summed E-state index contributed by atoms with van der Waals surface area (Å²) < 4.78 is 3.02. The van der Waals surface area contributed by atoms with Gasteiger partial charge in [-0.05, 0) is 53.2 Å². The van der Waals surface area contributed by atoms with E-state index in [-0.39, 0.29) is 6.04 Å². The minimum atomic E-state index is 0.0333. The summed E-state index contributed by atoms with van der Waals surface area (Å²) in [4.78, 5) is 1.20. The van der Waals surface area contributed by atoms with Gasteiger partial charge in [-0.25, -0.2) is 0 Å². The molecule has 1 atom stereocenters. The van der Waals surface area contributed by atoms with Crippen LogP contribution in [0.4, 0.5) is 0 Å². The Bertz CT molecular complexity index is 530. The zero-order valence-electron chi connectivity index (χ0n) is 10.2. The van der Waals surface area contributed by atoms with Crippen molar-refractivity contribution in [2.75, 3.05) is 0 Å². The zero-order chi connectivity index (χ0) is 12.6. The predicted molar refractivity (Wildman–Crippen MR) is 75.3 cm³/mol. The molecule has 2 N–H and O–H groups in total. The van der Waals surface area contributed by atoms with Gasteiger partial charge in [0.05, 0.1) is 5.69 Å². The second-order valence-electron chi connectivity index (χ2n) is 4.22. The maximum Gasteiger partial charge on any atom is 0.0629 e. The van der Waals surface area contributed by atoms with Crippen LogP contribution in [-0.4, -0.2) is 9.78 Å². The highest BCUT2D eigenvalue weighted by Crippen LogP contribution is 2.30. The molecule has 0 saturated heterocycles. The lowest BCUT2D eigenvalue weighted by molar-refractivity contribution is 0.714. The number of halogens is 1. The van der Waals surface area contributed by atoms with E-state index in [1.165, 1.54) is 16.1 Å². The molecule has 5 heteroatoms. The lowest BCUT2D eigenvalue weighted by atomic mass is 10.0. The van der Waals surface area contributed by atoms with E-state index in [1.807, 2.05) is 24.7 Å². The number of thiophene rings is 1. The molecule has 0 bridgehead atoms. The molecule has 92 valence electrons. The number of aromatic nitrogens is 2. The summed E-state index contributed by atoms with van der Waals surface area (Å²) in [6, 6.07) is 2.08. The van der Waals surface area contributed by atoms with Crippen molar-refractivity contribution in [3.05, 3.63) is 37.7 Å². The van der Waals surface area contributed by atoms with Gasteiger partial charge in [0.15, 0.2) is 0 Å². The molecule has 0 saturated carbocycles. The van der Waals surface area contributed by atoms with Crippen LogP contribution in [0.2, 0.25) is 0 Å². The topological polar surface area (TPSA) is 43.8 Å². The molecule has 0 radical (unpaired) electrons. The first-order valence-corrected chi connectivity index (χ1v) is 7.15. The van der Waals surface area contributed by atoms with Crippen LogP contribution in [0.25, 0.3) is 0 Å². The van der Waals surface area contributed by atoms with E-state index in [9.17, 15) is 0 Å². The van der Waals surface area contributed by atoms with Crippen LogP contribution < -0.4 is 5.73 Å². The number of aryl methyl sites for hydroxylation is 2. The van der Waals surface area contributed by atoms with Crippen molar-refractivity contribution >= 4 is 27.3 Å². The van der Waals surface area contributed by atoms with E-state index in [2.05, 4.69) is 33.3 Å². The minimum absolute atomic E-state index is 0.0333. The fourth-order valence-corrected chi connectivity index (χ4v) is 3.67. The minimum Gasteiger partial charge on any atom is -0.323 e. The number of hydrogen-bond acceptors (Lipinski definition) is 3. The van der Waals surface area contributed by atoms with Crippen molar-refractivity contribution in [1.82, 2.24) is 9.78 Å². The Balaban J connectivity index is 2.24. The van der Waals surface area contributed by atoms with Crippen LogP contribution >= 0.6 is 27.3 Å². The van der Waals surface area contributed by atoms with E-state index in [0.29, 0.717) is 0 Å². The van der Waals surface area contributed by atoms with Crippen molar-refractivity contribution in [3.63, 3.8) is 0 Å². The molecule has 0 aliphatic carbocycles. The molecule has 2 aromatic rings. The summed E-state index contributed by atoms with van der Waals surface area (Å²) in [6.45, 7) is 4.13. The van der Waals surface area contributed by atoms with E-state index >= 15 is 0 Å². The van der Waals surface area contributed by atoms with E-state index in [1.54, 1.807) is 11.3 Å². The summed E-state index contributed by atoms with van der Waals surface area (Å²) in [5.74, 6) is 0. The molecule has 0 spiro atoms. The summed E-state index contributed by atoms with van der Waals surface area (Å²) >= 11 is 5.23. The quantitative estimate of drug-likeness (QED) is 0.946. The molecule has 2 rings (SSSR count). The highest BCUT2D eigenvalue weighted by Gasteiger charge is 2.17. The SMILES string of the molecule is Cc1nn(C)c(C)c1CC(N)c1sccc1Br.